The molecule has 0 saturated carbocycles. The van der Waals surface area contributed by atoms with Crippen LogP contribution in [-0.4, -0.2) is 29.1 Å². The van der Waals surface area contributed by atoms with Crippen LogP contribution in [0.4, 0.5) is 4.39 Å². The average Bonchev–Trinajstić information content (AvgIpc) is 2.40. The highest BCUT2D eigenvalue weighted by Gasteiger charge is 2.15. The molecule has 0 amide bonds. The monoisotopic (exact) mass is 349 g/mol. The van der Waals surface area contributed by atoms with Gasteiger partial charge < -0.3 is 5.32 Å². The van der Waals surface area contributed by atoms with Crippen LogP contribution < -0.4 is 5.32 Å². The summed E-state index contributed by atoms with van der Waals surface area (Å²) in [5.41, 5.74) is 1.12. The fourth-order valence-corrected chi connectivity index (χ4v) is 4.88. The third kappa shape index (κ3) is 4.15. The number of benzene rings is 1. The standard InChI is InChI=1S/C13H17BrFNS2/c1-9(10-2-3-13(15)12(14)6-10)16-7-11-8-17-4-5-18-11/h2-3,6,9,11,16H,4-5,7-8H2,1H3. The van der Waals surface area contributed by atoms with Crippen LogP contribution in [0.15, 0.2) is 22.7 Å². The molecule has 1 aliphatic heterocycles. The summed E-state index contributed by atoms with van der Waals surface area (Å²) in [7, 11) is 0. The van der Waals surface area contributed by atoms with Gasteiger partial charge in [-0.15, -0.1) is 0 Å². The summed E-state index contributed by atoms with van der Waals surface area (Å²) in [4.78, 5) is 0. The first-order chi connectivity index (χ1) is 8.66. The lowest BCUT2D eigenvalue weighted by atomic mass is 10.1. The summed E-state index contributed by atoms with van der Waals surface area (Å²) >= 11 is 7.32. The maximum Gasteiger partial charge on any atom is 0.137 e. The Bertz CT molecular complexity index is 397. The molecule has 1 saturated heterocycles. The summed E-state index contributed by atoms with van der Waals surface area (Å²) in [6.07, 6.45) is 0. The molecule has 5 heteroatoms. The van der Waals surface area contributed by atoms with Crippen LogP contribution in [0.3, 0.4) is 0 Å². The Balaban J connectivity index is 1.86. The fraction of sp³-hybridized carbons (Fsp3) is 0.538. The maximum atomic E-state index is 13.2. The maximum absolute atomic E-state index is 13.2. The highest BCUT2D eigenvalue weighted by atomic mass is 79.9. The number of hydrogen-bond donors (Lipinski definition) is 1. The van der Waals surface area contributed by atoms with Crippen molar-refractivity contribution in [3.63, 3.8) is 0 Å². The van der Waals surface area contributed by atoms with E-state index in [9.17, 15) is 4.39 Å². The first-order valence-corrected chi connectivity index (χ1v) is 9.04. The molecule has 0 aliphatic carbocycles. The van der Waals surface area contributed by atoms with Gasteiger partial charge >= 0.3 is 0 Å². The van der Waals surface area contributed by atoms with E-state index in [1.165, 1.54) is 23.3 Å². The molecule has 1 aromatic carbocycles. The molecule has 18 heavy (non-hydrogen) atoms. The minimum absolute atomic E-state index is 0.204. The molecule has 1 N–H and O–H groups in total. The average molecular weight is 350 g/mol. The van der Waals surface area contributed by atoms with Crippen LogP contribution in [-0.2, 0) is 0 Å². The molecule has 2 unspecified atom stereocenters. The van der Waals surface area contributed by atoms with Crippen LogP contribution in [0.5, 0.6) is 0 Å². The molecular formula is C13H17BrFNS2. The summed E-state index contributed by atoms with van der Waals surface area (Å²) in [5.74, 6) is 3.57. The van der Waals surface area contributed by atoms with Crippen molar-refractivity contribution in [2.24, 2.45) is 0 Å². The largest absolute Gasteiger partial charge is 0.309 e. The van der Waals surface area contributed by atoms with Crippen LogP contribution in [0.25, 0.3) is 0 Å². The Labute approximate surface area is 125 Å². The number of hydrogen-bond acceptors (Lipinski definition) is 3. The zero-order chi connectivity index (χ0) is 13.0. The van der Waals surface area contributed by atoms with Gasteiger partial charge in [0.1, 0.15) is 5.82 Å². The van der Waals surface area contributed by atoms with Crippen LogP contribution >= 0.6 is 39.5 Å². The Kier molecular flexibility index (Phi) is 5.86. The zero-order valence-electron chi connectivity index (χ0n) is 10.3. The topological polar surface area (TPSA) is 12.0 Å². The first-order valence-electron chi connectivity index (χ1n) is 6.04. The molecule has 0 aromatic heterocycles. The van der Waals surface area contributed by atoms with Gasteiger partial charge in [-0.05, 0) is 40.5 Å². The van der Waals surface area contributed by atoms with Gasteiger partial charge in [-0.3, -0.25) is 0 Å². The predicted molar refractivity (Wildman–Crippen MR) is 84.1 cm³/mol. The quantitative estimate of drug-likeness (QED) is 0.879. The van der Waals surface area contributed by atoms with E-state index in [1.54, 1.807) is 0 Å². The Morgan fingerprint density at radius 3 is 3.00 bits per heavy atom. The summed E-state index contributed by atoms with van der Waals surface area (Å²) < 4.78 is 13.7. The molecule has 2 rings (SSSR count). The molecule has 1 nitrogen and oxygen atoms in total. The molecule has 100 valence electrons. The van der Waals surface area contributed by atoms with E-state index in [4.69, 9.17) is 0 Å². The first kappa shape index (κ1) is 14.7. The van der Waals surface area contributed by atoms with Crippen molar-refractivity contribution in [1.82, 2.24) is 5.32 Å². The van der Waals surface area contributed by atoms with E-state index in [-0.39, 0.29) is 11.9 Å². The normalized spacial score (nSPS) is 21.8. The molecule has 0 bridgehead atoms. The fourth-order valence-electron chi connectivity index (χ4n) is 1.86. The van der Waals surface area contributed by atoms with Crippen molar-refractivity contribution in [3.05, 3.63) is 34.1 Å². The molecule has 1 fully saturated rings. The Hall–Kier alpha value is 0.290. The summed E-state index contributed by atoms with van der Waals surface area (Å²) in [6.45, 7) is 3.15. The lowest BCUT2D eigenvalue weighted by Crippen LogP contribution is -2.30. The van der Waals surface area contributed by atoms with Gasteiger partial charge in [0.2, 0.25) is 0 Å². The molecule has 2 atom stereocenters. The van der Waals surface area contributed by atoms with Crippen LogP contribution in [0.2, 0.25) is 0 Å². The molecule has 1 aromatic rings. The van der Waals surface area contributed by atoms with E-state index in [2.05, 4.69) is 39.9 Å². The number of halogens is 2. The van der Waals surface area contributed by atoms with Crippen molar-refractivity contribution >= 4 is 39.5 Å². The van der Waals surface area contributed by atoms with Crippen LogP contribution in [0, 0.1) is 5.82 Å². The van der Waals surface area contributed by atoms with E-state index in [0.717, 1.165) is 12.1 Å². The van der Waals surface area contributed by atoms with Gasteiger partial charge in [-0.2, -0.15) is 23.5 Å². The van der Waals surface area contributed by atoms with E-state index < -0.39 is 0 Å². The minimum atomic E-state index is -0.204. The zero-order valence-corrected chi connectivity index (χ0v) is 13.5. The van der Waals surface area contributed by atoms with Crippen molar-refractivity contribution in [2.45, 2.75) is 18.2 Å². The highest BCUT2D eigenvalue weighted by Crippen LogP contribution is 2.25. The predicted octanol–water partition coefficient (Wildman–Crippen LogP) is 4.09. The molecule has 1 heterocycles. The second-order valence-corrected chi connectivity index (χ2v) is 7.78. The van der Waals surface area contributed by atoms with Gasteiger partial charge in [0.15, 0.2) is 0 Å². The van der Waals surface area contributed by atoms with Crippen LogP contribution in [0.1, 0.15) is 18.5 Å². The van der Waals surface area contributed by atoms with Gasteiger partial charge in [0.25, 0.3) is 0 Å². The molecular weight excluding hydrogens is 333 g/mol. The van der Waals surface area contributed by atoms with Gasteiger partial charge in [-0.1, -0.05) is 6.07 Å². The van der Waals surface area contributed by atoms with Gasteiger partial charge in [-0.25, -0.2) is 4.39 Å². The molecule has 1 aliphatic rings. The number of rotatable bonds is 4. The van der Waals surface area contributed by atoms with E-state index in [0.29, 0.717) is 9.72 Å². The Morgan fingerprint density at radius 1 is 1.50 bits per heavy atom. The smallest absolute Gasteiger partial charge is 0.137 e. The highest BCUT2D eigenvalue weighted by molar-refractivity contribution is 9.10. The summed E-state index contributed by atoms with van der Waals surface area (Å²) in [5, 5.41) is 4.24. The lowest BCUT2D eigenvalue weighted by molar-refractivity contribution is 0.572. The van der Waals surface area contributed by atoms with Crippen molar-refractivity contribution in [2.75, 3.05) is 23.8 Å². The molecule has 0 spiro atoms. The van der Waals surface area contributed by atoms with Gasteiger partial charge in [0, 0.05) is 35.1 Å². The van der Waals surface area contributed by atoms with Gasteiger partial charge in [0.05, 0.1) is 4.47 Å². The van der Waals surface area contributed by atoms with Crippen molar-refractivity contribution < 1.29 is 4.39 Å². The Morgan fingerprint density at radius 2 is 2.33 bits per heavy atom. The third-order valence-electron chi connectivity index (χ3n) is 2.98. The lowest BCUT2D eigenvalue weighted by Gasteiger charge is -2.23. The number of nitrogens with one attached hydrogen (secondary N) is 1. The summed E-state index contributed by atoms with van der Waals surface area (Å²) in [6, 6.07) is 5.48. The molecule has 0 radical (unpaired) electrons. The van der Waals surface area contributed by atoms with Crippen molar-refractivity contribution in [3.8, 4) is 0 Å². The number of thioether (sulfide) groups is 2. The van der Waals surface area contributed by atoms with E-state index >= 15 is 0 Å². The second kappa shape index (κ2) is 7.17. The minimum Gasteiger partial charge on any atom is -0.309 e. The van der Waals surface area contributed by atoms with E-state index in [1.807, 2.05) is 23.9 Å². The second-order valence-electron chi connectivity index (χ2n) is 4.37. The SMILES string of the molecule is CC(NCC1CSCCS1)c1ccc(F)c(Br)c1. The van der Waals surface area contributed by atoms with Crippen molar-refractivity contribution in [1.29, 1.82) is 0 Å². The third-order valence-corrected chi connectivity index (χ3v) is 6.43.